The van der Waals surface area contributed by atoms with Gasteiger partial charge in [-0.25, -0.2) is 4.98 Å². The zero-order chi connectivity index (χ0) is 22.1. The number of benzene rings is 2. The zero-order valence-corrected chi connectivity index (χ0v) is 18.2. The van der Waals surface area contributed by atoms with Crippen molar-refractivity contribution in [2.75, 3.05) is 11.6 Å². The lowest BCUT2D eigenvalue weighted by Crippen LogP contribution is -2.24. The number of carbonyl (C=O) groups excluding carboxylic acids is 1. The zero-order valence-electron chi connectivity index (χ0n) is 17.4. The third kappa shape index (κ3) is 4.41. The highest BCUT2D eigenvalue weighted by atomic mass is 32.2. The highest BCUT2D eigenvalue weighted by Crippen LogP contribution is 2.29. The Balaban J connectivity index is 1.40. The maximum absolute atomic E-state index is 11.9. The molecule has 32 heavy (non-hydrogen) atoms. The molecule has 1 atom stereocenters. The fourth-order valence-corrected chi connectivity index (χ4v) is 3.88. The summed E-state index contributed by atoms with van der Waals surface area (Å²) in [6.07, 6.45) is 5.20. The van der Waals surface area contributed by atoms with Crippen molar-refractivity contribution in [2.24, 2.45) is 5.92 Å². The second kappa shape index (κ2) is 8.56. The van der Waals surface area contributed by atoms with Crippen molar-refractivity contribution in [3.63, 3.8) is 0 Å². The van der Waals surface area contributed by atoms with Crippen LogP contribution in [0, 0.1) is 5.92 Å². The van der Waals surface area contributed by atoms with Crippen LogP contribution in [0.3, 0.4) is 0 Å². The first-order chi connectivity index (χ1) is 15.6. The second-order valence-corrected chi connectivity index (χ2v) is 9.05. The number of amides is 1. The maximum atomic E-state index is 11.9. The van der Waals surface area contributed by atoms with Gasteiger partial charge in [-0.05, 0) is 53.8 Å². The van der Waals surface area contributed by atoms with E-state index in [1.807, 2.05) is 42.5 Å². The second-order valence-electron chi connectivity index (χ2n) is 7.67. The summed E-state index contributed by atoms with van der Waals surface area (Å²) in [7, 11) is 0. The van der Waals surface area contributed by atoms with Gasteiger partial charge >= 0.3 is 0 Å². The first-order valence-electron chi connectivity index (χ1n) is 10.2. The Morgan fingerprint density at radius 1 is 1.22 bits per heavy atom. The van der Waals surface area contributed by atoms with Crippen LogP contribution in [-0.4, -0.2) is 41.7 Å². The fourth-order valence-electron chi connectivity index (χ4n) is 3.32. The summed E-state index contributed by atoms with van der Waals surface area (Å²) in [5.41, 5.74) is 3.61. The summed E-state index contributed by atoms with van der Waals surface area (Å²) in [6.45, 7) is 0.465. The van der Waals surface area contributed by atoms with Crippen LogP contribution in [-0.2, 0) is 22.5 Å². The van der Waals surface area contributed by atoms with Gasteiger partial charge in [-0.1, -0.05) is 23.4 Å². The number of rotatable bonds is 7. The van der Waals surface area contributed by atoms with Gasteiger partial charge in [0.2, 0.25) is 11.9 Å². The molecule has 2 N–H and O–H groups in total. The fraction of sp³-hybridized carbons (Fsp3) is 0.227. The molecule has 4 aromatic rings. The van der Waals surface area contributed by atoms with Crippen LogP contribution in [0.5, 0.6) is 0 Å². The van der Waals surface area contributed by atoms with Gasteiger partial charge in [-0.3, -0.25) is 4.79 Å². The SMILES string of the molecule is C[S+]([O-])c1cccc(Nc2ncc3nnn(-c4cccc(CNC(=O)C5CC5)c4)c3n2)c1. The maximum Gasteiger partial charge on any atom is 0.229 e. The minimum absolute atomic E-state index is 0.112. The van der Waals surface area contributed by atoms with E-state index in [-0.39, 0.29) is 11.8 Å². The number of anilines is 2. The van der Waals surface area contributed by atoms with E-state index in [0.717, 1.165) is 29.8 Å². The molecule has 2 aromatic heterocycles. The molecule has 162 valence electrons. The van der Waals surface area contributed by atoms with Crippen LogP contribution in [0.2, 0.25) is 0 Å². The Hall–Kier alpha value is -3.50. The molecule has 9 nitrogen and oxygen atoms in total. The van der Waals surface area contributed by atoms with Crippen LogP contribution in [0.4, 0.5) is 11.6 Å². The van der Waals surface area contributed by atoms with Gasteiger partial charge in [0.15, 0.2) is 16.1 Å². The van der Waals surface area contributed by atoms with E-state index in [4.69, 9.17) is 0 Å². The highest BCUT2D eigenvalue weighted by Gasteiger charge is 2.29. The predicted octanol–water partition coefficient (Wildman–Crippen LogP) is 2.72. The molecule has 1 fully saturated rings. The van der Waals surface area contributed by atoms with Gasteiger partial charge in [-0.15, -0.1) is 5.10 Å². The van der Waals surface area contributed by atoms with Gasteiger partial charge in [0.05, 0.1) is 11.9 Å². The summed E-state index contributed by atoms with van der Waals surface area (Å²) in [5, 5.41) is 14.5. The molecular weight excluding hydrogens is 426 g/mol. The number of hydrogen-bond donors (Lipinski definition) is 2. The highest BCUT2D eigenvalue weighted by molar-refractivity contribution is 7.90. The van der Waals surface area contributed by atoms with Crippen molar-refractivity contribution in [1.29, 1.82) is 0 Å². The van der Waals surface area contributed by atoms with Crippen molar-refractivity contribution in [2.45, 2.75) is 24.3 Å². The Kier molecular flexibility index (Phi) is 5.46. The summed E-state index contributed by atoms with van der Waals surface area (Å²) in [5.74, 6) is 0.673. The van der Waals surface area contributed by atoms with Crippen molar-refractivity contribution >= 4 is 39.9 Å². The topological polar surface area (TPSA) is 121 Å². The minimum Gasteiger partial charge on any atom is -0.612 e. The molecular formula is C22H21N7O2S. The third-order valence-corrected chi connectivity index (χ3v) is 6.10. The molecule has 0 saturated heterocycles. The Morgan fingerprint density at radius 2 is 2.06 bits per heavy atom. The van der Waals surface area contributed by atoms with E-state index in [1.165, 1.54) is 0 Å². The van der Waals surface area contributed by atoms with Crippen LogP contribution >= 0.6 is 0 Å². The van der Waals surface area contributed by atoms with Gasteiger partial charge in [-0.2, -0.15) is 9.67 Å². The number of nitrogens with zero attached hydrogens (tertiary/aromatic N) is 5. The van der Waals surface area contributed by atoms with Gasteiger partial charge in [0.25, 0.3) is 0 Å². The summed E-state index contributed by atoms with van der Waals surface area (Å²) in [4.78, 5) is 21.5. The number of fused-ring (bicyclic) bond motifs is 1. The molecule has 1 aliphatic carbocycles. The molecule has 5 rings (SSSR count). The first kappa shape index (κ1) is 20.4. The number of aromatic nitrogens is 5. The molecule has 2 aromatic carbocycles. The molecule has 10 heteroatoms. The molecule has 0 radical (unpaired) electrons. The lowest BCUT2D eigenvalue weighted by atomic mass is 10.2. The van der Waals surface area contributed by atoms with E-state index in [2.05, 4.69) is 30.9 Å². The van der Waals surface area contributed by atoms with Gasteiger partial charge in [0.1, 0.15) is 6.26 Å². The quantitative estimate of drug-likeness (QED) is 0.418. The van der Waals surface area contributed by atoms with Crippen molar-refractivity contribution < 1.29 is 9.35 Å². The van der Waals surface area contributed by atoms with Gasteiger partial charge < -0.3 is 15.2 Å². The molecule has 1 aliphatic rings. The molecule has 0 spiro atoms. The van der Waals surface area contributed by atoms with Crippen LogP contribution in [0.1, 0.15) is 18.4 Å². The van der Waals surface area contributed by atoms with Gasteiger partial charge in [0, 0.05) is 24.2 Å². The number of hydrogen-bond acceptors (Lipinski definition) is 7. The Bertz CT molecular complexity index is 1290. The lowest BCUT2D eigenvalue weighted by Gasteiger charge is -2.09. The Morgan fingerprint density at radius 3 is 2.88 bits per heavy atom. The largest absolute Gasteiger partial charge is 0.612 e. The molecule has 2 heterocycles. The standard InChI is InChI=1S/C22H21N7O2S/c1-32(31)18-7-3-5-16(11-18)25-22-24-13-19-20(26-22)29(28-27-19)17-6-2-4-14(10-17)12-23-21(30)15-8-9-15/h2-7,10-11,13,15H,8-9,12H2,1H3,(H,23,30)(H,24,25,26). The summed E-state index contributed by atoms with van der Waals surface area (Å²) < 4.78 is 13.4. The van der Waals surface area contributed by atoms with E-state index in [0.29, 0.717) is 28.6 Å². The molecule has 0 aliphatic heterocycles. The molecule has 1 unspecified atom stereocenters. The van der Waals surface area contributed by atoms with Crippen LogP contribution < -0.4 is 10.6 Å². The van der Waals surface area contributed by atoms with E-state index in [9.17, 15) is 9.35 Å². The summed E-state index contributed by atoms with van der Waals surface area (Å²) >= 11 is -1.08. The van der Waals surface area contributed by atoms with Crippen LogP contribution in [0.25, 0.3) is 16.9 Å². The van der Waals surface area contributed by atoms with Crippen molar-refractivity contribution in [3.8, 4) is 5.69 Å². The molecule has 1 amide bonds. The smallest absolute Gasteiger partial charge is 0.229 e. The van der Waals surface area contributed by atoms with Crippen LogP contribution in [0.15, 0.2) is 59.6 Å². The average Bonchev–Trinajstić information content (AvgIpc) is 3.57. The number of carbonyl (C=O) groups is 1. The van der Waals surface area contributed by atoms with Crippen molar-refractivity contribution in [3.05, 3.63) is 60.3 Å². The lowest BCUT2D eigenvalue weighted by molar-refractivity contribution is -0.122. The van der Waals surface area contributed by atoms with E-state index >= 15 is 0 Å². The molecule has 0 bridgehead atoms. The predicted molar refractivity (Wildman–Crippen MR) is 121 cm³/mol. The minimum atomic E-state index is -1.08. The van der Waals surface area contributed by atoms with Crippen molar-refractivity contribution in [1.82, 2.24) is 30.3 Å². The van der Waals surface area contributed by atoms with E-state index < -0.39 is 11.2 Å². The third-order valence-electron chi connectivity index (χ3n) is 5.18. The Labute approximate surface area is 187 Å². The monoisotopic (exact) mass is 447 g/mol. The average molecular weight is 448 g/mol. The first-order valence-corrected chi connectivity index (χ1v) is 11.8. The molecule has 1 saturated carbocycles. The normalized spacial score (nSPS) is 14.3. The van der Waals surface area contributed by atoms with E-state index in [1.54, 1.807) is 23.2 Å². The summed E-state index contributed by atoms with van der Waals surface area (Å²) in [6, 6.07) is 15.0. The number of nitrogens with one attached hydrogen (secondary N) is 2.